The van der Waals surface area contributed by atoms with E-state index < -0.39 is 11.7 Å². The van der Waals surface area contributed by atoms with Gasteiger partial charge < -0.3 is 10.4 Å². The zero-order valence-corrected chi connectivity index (χ0v) is 10.9. The van der Waals surface area contributed by atoms with Crippen molar-refractivity contribution < 1.29 is 18.3 Å². The molecule has 1 aromatic carbocycles. The standard InChI is InChI=1S/C14H15F3N2O/c1-2-10(8-20)19-12-5-6-18-13-7-9(14(15,16)17)3-4-11(12)13/h3-7,10,20H,2,8H2,1H3,(H,18,19)/t10-/m0/s1. The third kappa shape index (κ3) is 3.01. The van der Waals surface area contributed by atoms with Crippen molar-refractivity contribution in [2.45, 2.75) is 25.6 Å². The Hall–Kier alpha value is -1.82. The molecule has 2 aromatic rings. The Morgan fingerprint density at radius 3 is 2.65 bits per heavy atom. The molecule has 0 aliphatic rings. The number of nitrogens with zero attached hydrogens (tertiary/aromatic N) is 1. The number of aliphatic hydroxyl groups excluding tert-OH is 1. The number of pyridine rings is 1. The maximum absolute atomic E-state index is 12.7. The number of hydrogen-bond donors (Lipinski definition) is 2. The van der Waals surface area contributed by atoms with Crippen LogP contribution >= 0.6 is 0 Å². The zero-order valence-electron chi connectivity index (χ0n) is 10.9. The number of anilines is 1. The van der Waals surface area contributed by atoms with Gasteiger partial charge in [-0.1, -0.05) is 13.0 Å². The monoisotopic (exact) mass is 284 g/mol. The van der Waals surface area contributed by atoms with Gasteiger partial charge in [-0.3, -0.25) is 4.98 Å². The van der Waals surface area contributed by atoms with Gasteiger partial charge in [-0.25, -0.2) is 0 Å². The van der Waals surface area contributed by atoms with Crippen molar-refractivity contribution in [1.82, 2.24) is 4.98 Å². The number of rotatable bonds is 4. The predicted octanol–water partition coefficient (Wildman–Crippen LogP) is 3.44. The highest BCUT2D eigenvalue weighted by atomic mass is 19.4. The first-order chi connectivity index (χ1) is 9.45. The minimum absolute atomic E-state index is 0.0407. The fourth-order valence-electron chi connectivity index (χ4n) is 1.95. The minimum Gasteiger partial charge on any atom is -0.394 e. The van der Waals surface area contributed by atoms with Gasteiger partial charge in [0.2, 0.25) is 0 Å². The van der Waals surface area contributed by atoms with Crippen LogP contribution in [0.4, 0.5) is 18.9 Å². The Bertz CT molecular complexity index is 594. The average Bonchev–Trinajstić information content (AvgIpc) is 2.43. The van der Waals surface area contributed by atoms with Gasteiger partial charge in [-0.05, 0) is 24.6 Å². The topological polar surface area (TPSA) is 45.1 Å². The van der Waals surface area contributed by atoms with Crippen LogP contribution in [0.1, 0.15) is 18.9 Å². The molecule has 0 bridgehead atoms. The number of halogens is 3. The summed E-state index contributed by atoms with van der Waals surface area (Å²) in [6, 6.07) is 5.02. The Kier molecular flexibility index (Phi) is 4.13. The Balaban J connectivity index is 2.43. The van der Waals surface area contributed by atoms with Crippen LogP contribution in [0.3, 0.4) is 0 Å². The first-order valence-corrected chi connectivity index (χ1v) is 6.29. The van der Waals surface area contributed by atoms with Gasteiger partial charge in [0.25, 0.3) is 0 Å². The van der Waals surface area contributed by atoms with E-state index in [2.05, 4.69) is 10.3 Å². The van der Waals surface area contributed by atoms with Crippen molar-refractivity contribution in [1.29, 1.82) is 0 Å². The molecule has 108 valence electrons. The Labute approximate surface area is 114 Å². The minimum atomic E-state index is -4.38. The predicted molar refractivity (Wildman–Crippen MR) is 71.5 cm³/mol. The van der Waals surface area contributed by atoms with Crippen LogP contribution < -0.4 is 5.32 Å². The van der Waals surface area contributed by atoms with Gasteiger partial charge >= 0.3 is 6.18 Å². The second kappa shape index (κ2) is 5.66. The molecule has 0 unspecified atom stereocenters. The van der Waals surface area contributed by atoms with Gasteiger partial charge in [0.15, 0.2) is 0 Å². The molecule has 20 heavy (non-hydrogen) atoms. The fraction of sp³-hybridized carbons (Fsp3) is 0.357. The zero-order chi connectivity index (χ0) is 14.8. The van der Waals surface area contributed by atoms with E-state index in [4.69, 9.17) is 0 Å². The number of alkyl halides is 3. The number of benzene rings is 1. The molecular weight excluding hydrogens is 269 g/mol. The van der Waals surface area contributed by atoms with E-state index in [0.29, 0.717) is 17.5 Å². The van der Waals surface area contributed by atoms with Gasteiger partial charge in [0.05, 0.1) is 17.7 Å². The molecule has 0 fully saturated rings. The highest BCUT2D eigenvalue weighted by Crippen LogP contribution is 2.32. The summed E-state index contributed by atoms with van der Waals surface area (Å²) in [4.78, 5) is 3.97. The molecule has 1 heterocycles. The first-order valence-electron chi connectivity index (χ1n) is 6.29. The van der Waals surface area contributed by atoms with Crippen LogP contribution in [-0.4, -0.2) is 22.7 Å². The smallest absolute Gasteiger partial charge is 0.394 e. The van der Waals surface area contributed by atoms with Crippen molar-refractivity contribution in [2.24, 2.45) is 0 Å². The molecule has 0 amide bonds. The fourth-order valence-corrected chi connectivity index (χ4v) is 1.95. The van der Waals surface area contributed by atoms with E-state index in [-0.39, 0.29) is 18.2 Å². The molecule has 3 nitrogen and oxygen atoms in total. The molecule has 0 saturated carbocycles. The lowest BCUT2D eigenvalue weighted by Gasteiger charge is -2.17. The molecule has 1 atom stereocenters. The number of aliphatic hydroxyl groups is 1. The average molecular weight is 284 g/mol. The molecule has 0 radical (unpaired) electrons. The van der Waals surface area contributed by atoms with E-state index in [1.165, 1.54) is 12.3 Å². The van der Waals surface area contributed by atoms with Crippen molar-refractivity contribution in [3.63, 3.8) is 0 Å². The van der Waals surface area contributed by atoms with E-state index in [0.717, 1.165) is 12.1 Å². The van der Waals surface area contributed by atoms with Crippen molar-refractivity contribution >= 4 is 16.6 Å². The number of hydrogen-bond acceptors (Lipinski definition) is 3. The molecule has 0 aliphatic carbocycles. The SMILES string of the molecule is CC[C@@H](CO)Nc1ccnc2cc(C(F)(F)F)ccc12. The largest absolute Gasteiger partial charge is 0.416 e. The number of aromatic nitrogens is 1. The van der Waals surface area contributed by atoms with Gasteiger partial charge in [0, 0.05) is 23.3 Å². The van der Waals surface area contributed by atoms with Crippen LogP contribution in [0.5, 0.6) is 0 Å². The van der Waals surface area contributed by atoms with Crippen molar-refractivity contribution in [3.8, 4) is 0 Å². The van der Waals surface area contributed by atoms with Crippen molar-refractivity contribution in [3.05, 3.63) is 36.0 Å². The first kappa shape index (κ1) is 14.6. The van der Waals surface area contributed by atoms with Crippen LogP contribution in [0.2, 0.25) is 0 Å². The third-order valence-corrected chi connectivity index (χ3v) is 3.14. The molecule has 6 heteroatoms. The van der Waals surface area contributed by atoms with E-state index in [1.807, 2.05) is 6.92 Å². The second-order valence-corrected chi connectivity index (χ2v) is 4.52. The summed E-state index contributed by atoms with van der Waals surface area (Å²) in [6.07, 6.45) is -2.22. The van der Waals surface area contributed by atoms with Gasteiger partial charge in [-0.15, -0.1) is 0 Å². The Morgan fingerprint density at radius 1 is 1.30 bits per heavy atom. The molecule has 0 saturated heterocycles. The molecule has 0 aliphatic heterocycles. The molecule has 2 rings (SSSR count). The number of fused-ring (bicyclic) bond motifs is 1. The quantitative estimate of drug-likeness (QED) is 0.904. The summed E-state index contributed by atoms with van der Waals surface area (Å²) in [5.41, 5.74) is 0.228. The van der Waals surface area contributed by atoms with Crippen molar-refractivity contribution in [2.75, 3.05) is 11.9 Å². The highest BCUT2D eigenvalue weighted by molar-refractivity contribution is 5.91. The maximum atomic E-state index is 12.7. The van der Waals surface area contributed by atoms with E-state index in [1.54, 1.807) is 6.07 Å². The highest BCUT2D eigenvalue weighted by Gasteiger charge is 2.30. The molecule has 2 N–H and O–H groups in total. The molecule has 1 aromatic heterocycles. The molecule has 0 spiro atoms. The second-order valence-electron chi connectivity index (χ2n) is 4.52. The van der Waals surface area contributed by atoms with Gasteiger partial charge in [0.1, 0.15) is 0 Å². The summed E-state index contributed by atoms with van der Waals surface area (Å²) >= 11 is 0. The summed E-state index contributed by atoms with van der Waals surface area (Å²) < 4.78 is 38.0. The van der Waals surface area contributed by atoms with Crippen LogP contribution in [0.25, 0.3) is 10.9 Å². The summed E-state index contributed by atoms with van der Waals surface area (Å²) in [7, 11) is 0. The summed E-state index contributed by atoms with van der Waals surface area (Å²) in [5, 5.41) is 12.9. The third-order valence-electron chi connectivity index (χ3n) is 3.14. The lowest BCUT2D eigenvalue weighted by atomic mass is 10.1. The Morgan fingerprint density at radius 2 is 2.05 bits per heavy atom. The lowest BCUT2D eigenvalue weighted by molar-refractivity contribution is -0.137. The summed E-state index contributed by atoms with van der Waals surface area (Å²) in [5.74, 6) is 0. The van der Waals surface area contributed by atoms with Crippen LogP contribution in [-0.2, 0) is 6.18 Å². The molecular formula is C14H15F3N2O. The normalized spacial score (nSPS) is 13.4. The lowest BCUT2D eigenvalue weighted by Crippen LogP contribution is -2.22. The van der Waals surface area contributed by atoms with Crippen LogP contribution in [0, 0.1) is 0 Å². The van der Waals surface area contributed by atoms with E-state index >= 15 is 0 Å². The van der Waals surface area contributed by atoms with E-state index in [9.17, 15) is 18.3 Å². The van der Waals surface area contributed by atoms with Gasteiger partial charge in [-0.2, -0.15) is 13.2 Å². The van der Waals surface area contributed by atoms with Crippen LogP contribution in [0.15, 0.2) is 30.5 Å². The maximum Gasteiger partial charge on any atom is 0.416 e. The number of nitrogens with one attached hydrogen (secondary N) is 1. The summed E-state index contributed by atoms with van der Waals surface area (Å²) in [6.45, 7) is 1.87.